The Hall–Kier alpha value is -1.18. The zero-order valence-electron chi connectivity index (χ0n) is 16.5. The molecular formula is C19H34N5O. The minimum absolute atomic E-state index is 0.310. The van der Waals surface area contributed by atoms with Gasteiger partial charge in [-0.05, 0) is 46.1 Å². The summed E-state index contributed by atoms with van der Waals surface area (Å²) < 4.78 is 6.24. The van der Waals surface area contributed by atoms with Gasteiger partial charge in [-0.15, -0.1) is 0 Å². The minimum atomic E-state index is -0.684. The van der Waals surface area contributed by atoms with Gasteiger partial charge in [-0.25, -0.2) is 4.90 Å². The number of benzene rings is 1. The lowest BCUT2D eigenvalue weighted by molar-refractivity contribution is -0.134. The fraction of sp³-hybridized carbons (Fsp3) is 0.632. The molecule has 1 atom stereocenters. The first kappa shape index (κ1) is 20.1. The van der Waals surface area contributed by atoms with E-state index in [1.54, 1.807) is 0 Å². The summed E-state index contributed by atoms with van der Waals surface area (Å²) in [4.78, 5) is 4.74. The number of para-hydroxylation sites is 1. The molecule has 1 aromatic carbocycles. The summed E-state index contributed by atoms with van der Waals surface area (Å²) in [6.45, 7) is 9.67. The molecule has 1 radical (unpaired) electrons. The fourth-order valence-corrected chi connectivity index (χ4v) is 3.56. The van der Waals surface area contributed by atoms with Crippen LogP contribution in [0.2, 0.25) is 0 Å². The Morgan fingerprint density at radius 3 is 2.24 bits per heavy atom. The van der Waals surface area contributed by atoms with Crippen LogP contribution >= 0.6 is 0 Å². The highest BCUT2D eigenvalue weighted by atomic mass is 16.6. The number of nitrogens with one attached hydrogen (secondary N) is 3. The SMILES string of the molecule is CCN(CC1(NC)COC(NC)(NC)N1C[C](C)C)c1ccccc1. The summed E-state index contributed by atoms with van der Waals surface area (Å²) in [7, 11) is 5.87. The normalized spacial score (nSPS) is 23.3. The van der Waals surface area contributed by atoms with E-state index in [0.29, 0.717) is 6.61 Å². The van der Waals surface area contributed by atoms with Gasteiger partial charge in [0.05, 0.1) is 13.2 Å². The van der Waals surface area contributed by atoms with Crippen molar-refractivity contribution in [1.29, 1.82) is 0 Å². The standard InChI is InChI=1S/C19H34N5O/c1-7-23(17-11-9-8-10-12-17)14-18(20-4)15-25-19(21-5,22-6)24(18)13-16(2)3/h8-12,20-22H,7,13-15H2,1-6H3. The summed E-state index contributed by atoms with van der Waals surface area (Å²) in [6.07, 6.45) is 0. The number of anilines is 1. The lowest BCUT2D eigenvalue weighted by atomic mass is 10.1. The average molecular weight is 349 g/mol. The van der Waals surface area contributed by atoms with Crippen molar-refractivity contribution < 1.29 is 4.74 Å². The first-order valence-corrected chi connectivity index (χ1v) is 9.04. The van der Waals surface area contributed by atoms with E-state index in [2.05, 4.69) is 76.9 Å². The predicted octanol–water partition coefficient (Wildman–Crippen LogP) is 1.43. The molecule has 141 valence electrons. The molecule has 3 N–H and O–H groups in total. The minimum Gasteiger partial charge on any atom is -0.368 e. The third-order valence-corrected chi connectivity index (χ3v) is 4.99. The Labute approximate surface area is 152 Å². The molecule has 1 saturated heterocycles. The molecule has 0 aliphatic carbocycles. The molecule has 1 aliphatic heterocycles. The van der Waals surface area contributed by atoms with E-state index in [1.165, 1.54) is 11.6 Å². The van der Waals surface area contributed by atoms with Crippen LogP contribution < -0.4 is 20.9 Å². The van der Waals surface area contributed by atoms with Crippen LogP contribution in [0, 0.1) is 5.92 Å². The Balaban J connectivity index is 2.35. The summed E-state index contributed by atoms with van der Waals surface area (Å²) in [6, 6.07) is 10.5. The molecule has 0 saturated carbocycles. The Bertz CT molecular complexity index is 520. The first-order chi connectivity index (χ1) is 12.0. The van der Waals surface area contributed by atoms with Crippen LogP contribution in [0.4, 0.5) is 5.69 Å². The number of rotatable bonds is 9. The maximum absolute atomic E-state index is 6.24. The second-order valence-electron chi connectivity index (χ2n) is 6.86. The van der Waals surface area contributed by atoms with Gasteiger partial charge in [0, 0.05) is 18.8 Å². The average Bonchev–Trinajstić information content (AvgIpc) is 2.94. The summed E-state index contributed by atoms with van der Waals surface area (Å²) in [5.41, 5.74) is 0.915. The highest BCUT2D eigenvalue weighted by molar-refractivity contribution is 5.46. The molecule has 6 heteroatoms. The Kier molecular flexibility index (Phi) is 6.82. The van der Waals surface area contributed by atoms with Gasteiger partial charge in [-0.2, -0.15) is 0 Å². The monoisotopic (exact) mass is 348 g/mol. The topological polar surface area (TPSA) is 51.8 Å². The van der Waals surface area contributed by atoms with E-state index in [0.717, 1.165) is 19.6 Å². The van der Waals surface area contributed by atoms with Crippen molar-refractivity contribution in [3.8, 4) is 0 Å². The molecule has 2 rings (SSSR count). The van der Waals surface area contributed by atoms with Crippen molar-refractivity contribution in [2.45, 2.75) is 32.4 Å². The first-order valence-electron chi connectivity index (χ1n) is 9.04. The van der Waals surface area contributed by atoms with E-state index < -0.39 is 5.97 Å². The molecule has 1 aliphatic rings. The van der Waals surface area contributed by atoms with Crippen LogP contribution in [0.25, 0.3) is 0 Å². The zero-order valence-corrected chi connectivity index (χ0v) is 16.5. The number of hydrogen-bond acceptors (Lipinski definition) is 6. The number of likely N-dealkylation sites (N-methyl/N-ethyl adjacent to an activating group) is 2. The van der Waals surface area contributed by atoms with Crippen LogP contribution in [0.3, 0.4) is 0 Å². The van der Waals surface area contributed by atoms with Crippen LogP contribution in [-0.2, 0) is 4.74 Å². The fourth-order valence-electron chi connectivity index (χ4n) is 3.56. The number of nitrogens with zero attached hydrogens (tertiary/aromatic N) is 2. The lowest BCUT2D eigenvalue weighted by Crippen LogP contribution is -2.72. The molecule has 6 nitrogen and oxygen atoms in total. The van der Waals surface area contributed by atoms with Crippen molar-refractivity contribution in [3.63, 3.8) is 0 Å². The third kappa shape index (κ3) is 3.99. The van der Waals surface area contributed by atoms with E-state index in [4.69, 9.17) is 4.74 Å². The van der Waals surface area contributed by atoms with Crippen LogP contribution in [-0.4, -0.2) is 63.9 Å². The highest BCUT2D eigenvalue weighted by Gasteiger charge is 2.55. The van der Waals surface area contributed by atoms with Crippen LogP contribution in [0.5, 0.6) is 0 Å². The van der Waals surface area contributed by atoms with Gasteiger partial charge >= 0.3 is 0 Å². The molecule has 0 amide bonds. The van der Waals surface area contributed by atoms with Crippen molar-refractivity contribution in [3.05, 3.63) is 36.2 Å². The van der Waals surface area contributed by atoms with Crippen LogP contribution in [0.15, 0.2) is 30.3 Å². The maximum Gasteiger partial charge on any atom is 0.239 e. The largest absolute Gasteiger partial charge is 0.368 e. The smallest absolute Gasteiger partial charge is 0.239 e. The quantitative estimate of drug-likeness (QED) is 0.587. The molecular weight excluding hydrogens is 314 g/mol. The molecule has 1 heterocycles. The van der Waals surface area contributed by atoms with E-state index >= 15 is 0 Å². The van der Waals surface area contributed by atoms with E-state index in [9.17, 15) is 0 Å². The Morgan fingerprint density at radius 1 is 1.12 bits per heavy atom. The van der Waals surface area contributed by atoms with E-state index in [1.807, 2.05) is 21.1 Å². The molecule has 0 aromatic heterocycles. The molecule has 1 unspecified atom stereocenters. The van der Waals surface area contributed by atoms with Gasteiger partial charge in [0.25, 0.3) is 0 Å². The molecule has 0 spiro atoms. The number of hydrogen-bond donors (Lipinski definition) is 3. The van der Waals surface area contributed by atoms with Gasteiger partial charge in [0.2, 0.25) is 5.97 Å². The van der Waals surface area contributed by atoms with Crippen LogP contribution in [0.1, 0.15) is 20.8 Å². The predicted molar refractivity (Wildman–Crippen MR) is 104 cm³/mol. The lowest BCUT2D eigenvalue weighted by Gasteiger charge is -2.46. The van der Waals surface area contributed by atoms with Crippen molar-refractivity contribution in [1.82, 2.24) is 20.9 Å². The maximum atomic E-state index is 6.24. The van der Waals surface area contributed by atoms with Crippen molar-refractivity contribution in [2.75, 3.05) is 52.3 Å². The third-order valence-electron chi connectivity index (χ3n) is 4.99. The van der Waals surface area contributed by atoms with Crippen molar-refractivity contribution in [2.24, 2.45) is 0 Å². The highest BCUT2D eigenvalue weighted by Crippen LogP contribution is 2.33. The second-order valence-corrected chi connectivity index (χ2v) is 6.86. The summed E-state index contributed by atoms with van der Waals surface area (Å²) >= 11 is 0. The number of ether oxygens (including phenoxy) is 1. The van der Waals surface area contributed by atoms with Gasteiger partial charge in [0.1, 0.15) is 5.66 Å². The van der Waals surface area contributed by atoms with Gasteiger partial charge in [-0.1, -0.05) is 32.0 Å². The summed E-state index contributed by atoms with van der Waals surface area (Å²) in [5.74, 6) is 0.652. The van der Waals surface area contributed by atoms with Crippen molar-refractivity contribution >= 4 is 5.69 Å². The Morgan fingerprint density at radius 2 is 1.76 bits per heavy atom. The molecule has 1 aromatic rings. The van der Waals surface area contributed by atoms with Gasteiger partial charge in [-0.3, -0.25) is 16.0 Å². The zero-order chi connectivity index (χ0) is 18.5. The molecule has 1 fully saturated rings. The van der Waals surface area contributed by atoms with Gasteiger partial charge < -0.3 is 9.64 Å². The van der Waals surface area contributed by atoms with E-state index in [-0.39, 0.29) is 5.66 Å². The molecule has 0 bridgehead atoms. The van der Waals surface area contributed by atoms with Gasteiger partial charge in [0.15, 0.2) is 0 Å². The summed E-state index contributed by atoms with van der Waals surface area (Å²) in [5, 5.41) is 10.2. The second kappa shape index (κ2) is 8.47. The molecule has 25 heavy (non-hydrogen) atoms.